The molecule has 3 rings (SSSR count). The third-order valence-corrected chi connectivity index (χ3v) is 3.64. The van der Waals surface area contributed by atoms with Gasteiger partial charge >= 0.3 is 0 Å². The number of aromatic hydroxyl groups is 1. The highest BCUT2D eigenvalue weighted by Crippen LogP contribution is 2.49. The van der Waals surface area contributed by atoms with Crippen molar-refractivity contribution in [2.75, 3.05) is 7.11 Å². The van der Waals surface area contributed by atoms with Crippen molar-refractivity contribution < 1.29 is 14.6 Å². The van der Waals surface area contributed by atoms with Crippen LogP contribution >= 0.6 is 0 Å². The molecule has 1 aliphatic rings. The van der Waals surface area contributed by atoms with E-state index in [4.69, 9.17) is 9.47 Å². The summed E-state index contributed by atoms with van der Waals surface area (Å²) in [5, 5.41) is 9.87. The van der Waals surface area contributed by atoms with E-state index in [1.165, 1.54) is 7.11 Å². The average molecular weight is 256 g/mol. The van der Waals surface area contributed by atoms with E-state index in [2.05, 4.69) is 19.1 Å². The second-order valence-corrected chi connectivity index (χ2v) is 4.80. The lowest BCUT2D eigenvalue weighted by molar-refractivity contribution is 0.215. The van der Waals surface area contributed by atoms with Gasteiger partial charge in [0.25, 0.3) is 0 Å². The average Bonchev–Trinajstić information content (AvgIpc) is 2.76. The lowest BCUT2D eigenvalue weighted by Gasteiger charge is -2.15. The number of hydrogen-bond acceptors (Lipinski definition) is 3. The molecule has 3 nitrogen and oxygen atoms in total. The second-order valence-electron chi connectivity index (χ2n) is 4.80. The molecule has 2 atom stereocenters. The van der Waals surface area contributed by atoms with Gasteiger partial charge < -0.3 is 14.6 Å². The molecule has 2 aromatic carbocycles. The molecule has 0 fully saturated rings. The first-order valence-corrected chi connectivity index (χ1v) is 6.33. The Kier molecular flexibility index (Phi) is 2.82. The van der Waals surface area contributed by atoms with Crippen LogP contribution in [-0.4, -0.2) is 12.2 Å². The molecule has 1 aliphatic heterocycles. The van der Waals surface area contributed by atoms with Crippen molar-refractivity contribution in [3.05, 3.63) is 53.6 Å². The van der Waals surface area contributed by atoms with Crippen molar-refractivity contribution >= 4 is 0 Å². The second kappa shape index (κ2) is 4.50. The quantitative estimate of drug-likeness (QED) is 0.891. The number of phenolic OH excluding ortho intramolecular Hbond substituents is 1. The minimum atomic E-state index is -0.0114. The summed E-state index contributed by atoms with van der Waals surface area (Å²) in [5.41, 5.74) is 2.16. The first-order chi connectivity index (χ1) is 9.20. The monoisotopic (exact) mass is 256 g/mol. The molecule has 1 N–H and O–H groups in total. The lowest BCUT2D eigenvalue weighted by Crippen LogP contribution is -2.06. The van der Waals surface area contributed by atoms with Crippen LogP contribution in [0.4, 0.5) is 0 Å². The summed E-state index contributed by atoms with van der Waals surface area (Å²) >= 11 is 0. The van der Waals surface area contributed by atoms with E-state index in [-0.39, 0.29) is 17.8 Å². The minimum Gasteiger partial charge on any atom is -0.504 e. The van der Waals surface area contributed by atoms with Crippen molar-refractivity contribution in [3.8, 4) is 17.2 Å². The Balaban J connectivity index is 2.00. The number of ether oxygens (including phenoxy) is 2. The van der Waals surface area contributed by atoms with Crippen LogP contribution in [0.2, 0.25) is 0 Å². The van der Waals surface area contributed by atoms with Gasteiger partial charge in [0.2, 0.25) is 0 Å². The highest BCUT2D eigenvalue weighted by Gasteiger charge is 2.33. The Morgan fingerprint density at radius 3 is 2.58 bits per heavy atom. The van der Waals surface area contributed by atoms with E-state index < -0.39 is 0 Å². The fraction of sp³-hybridized carbons (Fsp3) is 0.250. The molecule has 3 heteroatoms. The smallest absolute Gasteiger partial charge is 0.164 e. The van der Waals surface area contributed by atoms with Crippen molar-refractivity contribution in [1.82, 2.24) is 0 Å². The SMILES string of the molecule is COc1cc2c(cc1O)[C@@H](C)[C@@H](c1ccccc1)O2. The van der Waals surface area contributed by atoms with E-state index >= 15 is 0 Å². The summed E-state index contributed by atoms with van der Waals surface area (Å²) in [6, 6.07) is 13.6. The van der Waals surface area contributed by atoms with Gasteiger partial charge in [0.05, 0.1) is 7.11 Å². The third kappa shape index (κ3) is 1.91. The van der Waals surface area contributed by atoms with Gasteiger partial charge in [-0.05, 0) is 11.6 Å². The Morgan fingerprint density at radius 2 is 1.89 bits per heavy atom. The fourth-order valence-electron chi connectivity index (χ4n) is 2.59. The van der Waals surface area contributed by atoms with Crippen LogP contribution in [0.1, 0.15) is 30.1 Å². The number of fused-ring (bicyclic) bond motifs is 1. The van der Waals surface area contributed by atoms with Gasteiger partial charge in [0.15, 0.2) is 11.5 Å². The predicted molar refractivity (Wildman–Crippen MR) is 72.9 cm³/mol. The number of phenols is 1. The van der Waals surface area contributed by atoms with Gasteiger partial charge in [-0.25, -0.2) is 0 Å². The molecule has 0 unspecified atom stereocenters. The maximum absolute atomic E-state index is 9.87. The van der Waals surface area contributed by atoms with E-state index in [9.17, 15) is 5.11 Å². The summed E-state index contributed by atoms with van der Waals surface area (Å²) in [6.45, 7) is 2.11. The summed E-state index contributed by atoms with van der Waals surface area (Å²) < 4.78 is 11.1. The minimum absolute atomic E-state index is 0.0114. The summed E-state index contributed by atoms with van der Waals surface area (Å²) in [5.74, 6) is 1.59. The zero-order valence-corrected chi connectivity index (χ0v) is 11.0. The van der Waals surface area contributed by atoms with Crippen molar-refractivity contribution in [2.45, 2.75) is 18.9 Å². The number of methoxy groups -OCH3 is 1. The van der Waals surface area contributed by atoms with Crippen LogP contribution in [0.15, 0.2) is 42.5 Å². The van der Waals surface area contributed by atoms with Gasteiger partial charge in [-0.15, -0.1) is 0 Å². The molecule has 0 bridgehead atoms. The van der Waals surface area contributed by atoms with Crippen LogP contribution in [0, 0.1) is 0 Å². The summed E-state index contributed by atoms with van der Waals surface area (Å²) in [7, 11) is 1.54. The molecule has 1 heterocycles. The molecule has 0 aromatic heterocycles. The molecular weight excluding hydrogens is 240 g/mol. The lowest BCUT2D eigenvalue weighted by atomic mass is 9.93. The molecule has 19 heavy (non-hydrogen) atoms. The van der Waals surface area contributed by atoms with Gasteiger partial charge in [-0.1, -0.05) is 37.3 Å². The molecule has 0 amide bonds. The molecule has 0 spiro atoms. The van der Waals surface area contributed by atoms with Gasteiger partial charge in [0, 0.05) is 17.5 Å². The van der Waals surface area contributed by atoms with Gasteiger partial charge in [-0.2, -0.15) is 0 Å². The molecule has 0 saturated carbocycles. The largest absolute Gasteiger partial charge is 0.504 e. The zero-order valence-electron chi connectivity index (χ0n) is 11.0. The van der Waals surface area contributed by atoms with E-state index in [0.29, 0.717) is 5.75 Å². The maximum Gasteiger partial charge on any atom is 0.164 e. The maximum atomic E-state index is 9.87. The van der Waals surface area contributed by atoms with E-state index in [1.54, 1.807) is 12.1 Å². The van der Waals surface area contributed by atoms with Crippen LogP contribution in [0.3, 0.4) is 0 Å². The van der Waals surface area contributed by atoms with Gasteiger partial charge in [-0.3, -0.25) is 0 Å². The molecule has 0 radical (unpaired) electrons. The van der Waals surface area contributed by atoms with E-state index in [0.717, 1.165) is 16.9 Å². The topological polar surface area (TPSA) is 38.7 Å². The molecule has 0 aliphatic carbocycles. The standard InChI is InChI=1S/C16H16O3/c1-10-12-8-13(17)15(18-2)9-14(12)19-16(10)11-6-4-3-5-7-11/h3-10,16-17H,1-2H3/t10-,16+/m1/s1. The highest BCUT2D eigenvalue weighted by atomic mass is 16.5. The van der Waals surface area contributed by atoms with Crippen molar-refractivity contribution in [2.24, 2.45) is 0 Å². The Hall–Kier alpha value is -2.16. The highest BCUT2D eigenvalue weighted by molar-refractivity contribution is 5.54. The Bertz CT molecular complexity index is 592. The number of rotatable bonds is 2. The first kappa shape index (κ1) is 11.9. The van der Waals surface area contributed by atoms with Crippen LogP contribution in [-0.2, 0) is 0 Å². The predicted octanol–water partition coefficient (Wildman–Crippen LogP) is 3.64. The van der Waals surface area contributed by atoms with Crippen LogP contribution in [0.25, 0.3) is 0 Å². The van der Waals surface area contributed by atoms with Crippen LogP contribution in [0.5, 0.6) is 17.2 Å². The number of hydrogen-bond donors (Lipinski definition) is 1. The Morgan fingerprint density at radius 1 is 1.16 bits per heavy atom. The van der Waals surface area contributed by atoms with E-state index in [1.807, 2.05) is 18.2 Å². The molecule has 98 valence electrons. The zero-order chi connectivity index (χ0) is 13.4. The number of benzene rings is 2. The Labute approximate surface area is 112 Å². The van der Waals surface area contributed by atoms with Crippen molar-refractivity contribution in [3.63, 3.8) is 0 Å². The van der Waals surface area contributed by atoms with Crippen molar-refractivity contribution in [1.29, 1.82) is 0 Å². The molecular formula is C16H16O3. The normalized spacial score (nSPS) is 20.7. The third-order valence-electron chi connectivity index (χ3n) is 3.64. The van der Waals surface area contributed by atoms with Crippen LogP contribution < -0.4 is 9.47 Å². The molecule has 0 saturated heterocycles. The summed E-state index contributed by atoms with van der Waals surface area (Å²) in [6.07, 6.45) is -0.0114. The fourth-order valence-corrected chi connectivity index (χ4v) is 2.59. The molecule has 2 aromatic rings. The van der Waals surface area contributed by atoms with Gasteiger partial charge in [0.1, 0.15) is 11.9 Å². The first-order valence-electron chi connectivity index (χ1n) is 6.33. The summed E-state index contributed by atoms with van der Waals surface area (Å²) in [4.78, 5) is 0.